The Kier molecular flexibility index (Phi) is 5.82. The monoisotopic (exact) mass is 206 g/mol. The molecule has 0 fully saturated rings. The quantitative estimate of drug-likeness (QED) is 0.370. The van der Waals surface area contributed by atoms with Crippen molar-refractivity contribution >= 4 is 11.9 Å². The van der Waals surface area contributed by atoms with Crippen molar-refractivity contribution in [3.05, 3.63) is 0 Å². The Labute approximate surface area is 81.8 Å². The van der Waals surface area contributed by atoms with Crippen LogP contribution in [0.25, 0.3) is 0 Å². The first-order valence-electron chi connectivity index (χ1n) is 4.03. The van der Waals surface area contributed by atoms with Crippen LogP contribution in [0.3, 0.4) is 0 Å². The molecule has 82 valence electrons. The van der Waals surface area contributed by atoms with E-state index in [1.807, 2.05) is 0 Å². The summed E-state index contributed by atoms with van der Waals surface area (Å²) in [6.45, 7) is 1.70. The van der Waals surface area contributed by atoms with Gasteiger partial charge < -0.3 is 19.3 Å². The number of carbonyl (C=O) groups is 2. The van der Waals surface area contributed by atoms with Crippen LogP contribution in [0.1, 0.15) is 6.92 Å². The topological polar surface area (TPSA) is 82.1 Å². The van der Waals surface area contributed by atoms with Crippen molar-refractivity contribution in [2.24, 2.45) is 5.92 Å². The van der Waals surface area contributed by atoms with Gasteiger partial charge >= 0.3 is 11.9 Å². The summed E-state index contributed by atoms with van der Waals surface area (Å²) in [5, 5.41) is 8.74. The fourth-order valence-corrected chi connectivity index (χ4v) is 0.929. The lowest BCUT2D eigenvalue weighted by Gasteiger charge is -2.19. The molecule has 1 unspecified atom stereocenters. The van der Waals surface area contributed by atoms with E-state index in [9.17, 15) is 9.59 Å². The van der Waals surface area contributed by atoms with E-state index in [4.69, 9.17) is 5.11 Å². The van der Waals surface area contributed by atoms with Crippen molar-refractivity contribution in [2.75, 3.05) is 20.8 Å². The fraction of sp³-hybridized carbons (Fsp3) is 0.750. The lowest BCUT2D eigenvalue weighted by atomic mass is 10.1. The van der Waals surface area contributed by atoms with Crippen LogP contribution in [0.2, 0.25) is 0 Å². The number of rotatable bonds is 6. The van der Waals surface area contributed by atoms with E-state index in [1.165, 1.54) is 14.2 Å². The molecule has 0 spiro atoms. The molecule has 0 radical (unpaired) electrons. The van der Waals surface area contributed by atoms with Crippen LogP contribution in [0.4, 0.5) is 0 Å². The van der Waals surface area contributed by atoms with Crippen LogP contribution in [0.5, 0.6) is 0 Å². The lowest BCUT2D eigenvalue weighted by Crippen LogP contribution is -2.38. The van der Waals surface area contributed by atoms with Crippen molar-refractivity contribution in [3.63, 3.8) is 0 Å². The number of aliphatic carboxylic acids is 1. The highest BCUT2D eigenvalue weighted by Crippen LogP contribution is 2.11. The first-order chi connectivity index (χ1) is 6.58. The van der Waals surface area contributed by atoms with Gasteiger partial charge in [0.15, 0.2) is 6.29 Å². The molecular weight excluding hydrogens is 192 g/mol. The van der Waals surface area contributed by atoms with Gasteiger partial charge in [-0.05, 0) is 6.92 Å². The third-order valence-electron chi connectivity index (χ3n) is 1.54. The molecular formula is C8H14O6. The van der Waals surface area contributed by atoms with Crippen LogP contribution < -0.4 is 0 Å². The lowest BCUT2D eigenvalue weighted by molar-refractivity contribution is -0.187. The van der Waals surface area contributed by atoms with E-state index in [1.54, 1.807) is 6.92 Å². The normalized spacial score (nSPS) is 12.6. The number of methoxy groups -OCH3 is 2. The van der Waals surface area contributed by atoms with Gasteiger partial charge in [0.25, 0.3) is 0 Å². The second-order valence-electron chi connectivity index (χ2n) is 2.41. The second kappa shape index (κ2) is 6.33. The summed E-state index contributed by atoms with van der Waals surface area (Å²) in [5.74, 6) is -3.66. The van der Waals surface area contributed by atoms with E-state index >= 15 is 0 Å². The minimum Gasteiger partial charge on any atom is -0.480 e. The molecule has 14 heavy (non-hydrogen) atoms. The van der Waals surface area contributed by atoms with Gasteiger partial charge in [-0.15, -0.1) is 0 Å². The summed E-state index contributed by atoms with van der Waals surface area (Å²) in [4.78, 5) is 21.9. The van der Waals surface area contributed by atoms with E-state index in [0.717, 1.165) is 0 Å². The highest BCUT2D eigenvalue weighted by molar-refractivity contribution is 5.94. The van der Waals surface area contributed by atoms with E-state index in [0.29, 0.717) is 0 Å². The molecule has 0 aliphatic carbocycles. The molecule has 6 nitrogen and oxygen atoms in total. The molecule has 0 rings (SSSR count). The van der Waals surface area contributed by atoms with Gasteiger partial charge in [0.1, 0.15) is 0 Å². The number of esters is 1. The Morgan fingerprint density at radius 1 is 1.29 bits per heavy atom. The number of carboxylic acid groups (broad SMARTS) is 1. The van der Waals surface area contributed by atoms with Gasteiger partial charge in [-0.3, -0.25) is 9.59 Å². The molecule has 0 aliphatic heterocycles. The number of hydrogen-bond donors (Lipinski definition) is 1. The van der Waals surface area contributed by atoms with Crippen LogP contribution >= 0.6 is 0 Å². The molecule has 0 aromatic heterocycles. The predicted octanol–water partition coefficient (Wildman–Crippen LogP) is -0.131. The summed E-state index contributed by atoms with van der Waals surface area (Å²) < 4.78 is 13.9. The summed E-state index contributed by atoms with van der Waals surface area (Å²) in [6, 6.07) is 0. The third-order valence-corrected chi connectivity index (χ3v) is 1.54. The Hall–Kier alpha value is -1.14. The largest absolute Gasteiger partial charge is 0.480 e. The van der Waals surface area contributed by atoms with Crippen molar-refractivity contribution in [2.45, 2.75) is 13.2 Å². The van der Waals surface area contributed by atoms with E-state index in [-0.39, 0.29) is 6.61 Å². The molecule has 6 heteroatoms. The average Bonchev–Trinajstić information content (AvgIpc) is 2.13. The number of ether oxygens (including phenoxy) is 3. The van der Waals surface area contributed by atoms with Crippen molar-refractivity contribution in [1.82, 2.24) is 0 Å². The second-order valence-corrected chi connectivity index (χ2v) is 2.41. The standard InChI is InChI=1S/C8H14O6/c1-4-14-7(11)5(6(9)10)8(12-2)13-3/h5,8H,4H2,1-3H3,(H,9,10). The summed E-state index contributed by atoms with van der Waals surface area (Å²) in [6.07, 6.45) is -1.13. The van der Waals surface area contributed by atoms with Gasteiger partial charge in [0.2, 0.25) is 5.92 Å². The zero-order chi connectivity index (χ0) is 11.1. The zero-order valence-corrected chi connectivity index (χ0v) is 8.35. The molecule has 0 saturated carbocycles. The molecule has 0 aromatic rings. The predicted molar refractivity (Wildman–Crippen MR) is 45.6 cm³/mol. The van der Waals surface area contributed by atoms with E-state index < -0.39 is 24.1 Å². The Balaban J connectivity index is 4.57. The minimum atomic E-state index is -1.45. The minimum absolute atomic E-state index is 0.114. The molecule has 1 atom stereocenters. The summed E-state index contributed by atoms with van der Waals surface area (Å²) in [5.41, 5.74) is 0. The number of carboxylic acids is 1. The van der Waals surface area contributed by atoms with Gasteiger partial charge in [-0.1, -0.05) is 0 Å². The van der Waals surface area contributed by atoms with Crippen molar-refractivity contribution in [1.29, 1.82) is 0 Å². The maximum atomic E-state index is 11.2. The van der Waals surface area contributed by atoms with Crippen molar-refractivity contribution < 1.29 is 28.9 Å². The Morgan fingerprint density at radius 3 is 2.07 bits per heavy atom. The molecule has 0 aliphatic rings. The summed E-state index contributed by atoms with van der Waals surface area (Å²) in [7, 11) is 2.51. The van der Waals surface area contributed by atoms with Crippen LogP contribution in [0, 0.1) is 5.92 Å². The molecule has 0 aromatic carbocycles. The van der Waals surface area contributed by atoms with Crippen LogP contribution in [0.15, 0.2) is 0 Å². The Morgan fingerprint density at radius 2 is 1.79 bits per heavy atom. The molecule has 0 heterocycles. The van der Waals surface area contributed by atoms with Gasteiger partial charge in [-0.25, -0.2) is 0 Å². The van der Waals surface area contributed by atoms with Crippen LogP contribution in [-0.2, 0) is 23.8 Å². The van der Waals surface area contributed by atoms with Gasteiger partial charge in [0, 0.05) is 14.2 Å². The first kappa shape index (κ1) is 12.9. The zero-order valence-electron chi connectivity index (χ0n) is 8.35. The highest BCUT2D eigenvalue weighted by Gasteiger charge is 2.36. The van der Waals surface area contributed by atoms with Gasteiger partial charge in [0.05, 0.1) is 6.61 Å². The Bertz CT molecular complexity index is 198. The molecule has 0 saturated heterocycles. The van der Waals surface area contributed by atoms with Gasteiger partial charge in [-0.2, -0.15) is 0 Å². The smallest absolute Gasteiger partial charge is 0.325 e. The van der Waals surface area contributed by atoms with E-state index in [2.05, 4.69) is 14.2 Å². The third kappa shape index (κ3) is 3.31. The first-order valence-corrected chi connectivity index (χ1v) is 4.03. The number of hydrogen-bond acceptors (Lipinski definition) is 5. The van der Waals surface area contributed by atoms with Crippen molar-refractivity contribution in [3.8, 4) is 0 Å². The number of carbonyl (C=O) groups excluding carboxylic acids is 1. The average molecular weight is 206 g/mol. The SMILES string of the molecule is CCOC(=O)C(C(=O)O)C(OC)OC. The highest BCUT2D eigenvalue weighted by atomic mass is 16.7. The molecule has 1 N–H and O–H groups in total. The molecule has 0 amide bonds. The fourth-order valence-electron chi connectivity index (χ4n) is 0.929. The summed E-state index contributed by atoms with van der Waals surface area (Å²) >= 11 is 0. The molecule has 0 bridgehead atoms. The maximum absolute atomic E-state index is 11.2. The van der Waals surface area contributed by atoms with Crippen LogP contribution in [-0.4, -0.2) is 44.2 Å². The maximum Gasteiger partial charge on any atom is 0.325 e.